The Hall–Kier alpha value is -2.24. The Bertz CT molecular complexity index is 675. The molecule has 1 amide bonds. The number of hydrogen-bond acceptors (Lipinski definition) is 4. The molecule has 6 heteroatoms. The first-order valence-electron chi connectivity index (χ1n) is 6.93. The minimum atomic E-state index is -0.632. The van der Waals surface area contributed by atoms with Crippen LogP contribution in [0.3, 0.4) is 0 Å². The monoisotopic (exact) mass is 317 g/mol. The van der Waals surface area contributed by atoms with Crippen LogP contribution in [0.15, 0.2) is 48.5 Å². The van der Waals surface area contributed by atoms with E-state index in [1.807, 2.05) is 48.5 Å². The van der Waals surface area contributed by atoms with Crippen molar-refractivity contribution in [1.29, 1.82) is 0 Å². The van der Waals surface area contributed by atoms with E-state index >= 15 is 0 Å². The van der Waals surface area contributed by atoms with Crippen molar-refractivity contribution < 1.29 is 9.53 Å². The number of rotatable bonds is 3. The van der Waals surface area contributed by atoms with Crippen molar-refractivity contribution >= 4 is 23.2 Å². The number of hydrazine groups is 1. The zero-order chi connectivity index (χ0) is 15.5. The van der Waals surface area contributed by atoms with Crippen molar-refractivity contribution in [3.63, 3.8) is 0 Å². The zero-order valence-corrected chi connectivity index (χ0v) is 12.6. The van der Waals surface area contributed by atoms with Crippen molar-refractivity contribution in [3.8, 4) is 5.75 Å². The molecule has 5 nitrogen and oxygen atoms in total. The molecule has 1 aliphatic rings. The van der Waals surface area contributed by atoms with Crippen LogP contribution in [-0.4, -0.2) is 18.6 Å². The number of ether oxygens (including phenoxy) is 1. The second-order valence-electron chi connectivity index (χ2n) is 5.09. The highest BCUT2D eigenvalue weighted by Gasteiger charge is 2.30. The van der Waals surface area contributed by atoms with Gasteiger partial charge in [0.25, 0.3) is 5.91 Å². The van der Waals surface area contributed by atoms with Gasteiger partial charge in [0, 0.05) is 11.6 Å². The summed E-state index contributed by atoms with van der Waals surface area (Å²) in [5.74, 6) is 5.56. The summed E-state index contributed by atoms with van der Waals surface area (Å²) in [6, 6.07) is 15.3. The van der Waals surface area contributed by atoms with E-state index in [4.69, 9.17) is 22.2 Å². The number of nitrogens with zero attached hydrogens (tertiary/aromatic N) is 1. The Morgan fingerprint density at radius 1 is 1.27 bits per heavy atom. The summed E-state index contributed by atoms with van der Waals surface area (Å²) < 4.78 is 5.72. The van der Waals surface area contributed by atoms with E-state index in [1.165, 1.54) is 0 Å². The largest absolute Gasteiger partial charge is 0.476 e. The molecule has 0 fully saturated rings. The molecule has 22 heavy (non-hydrogen) atoms. The summed E-state index contributed by atoms with van der Waals surface area (Å²) >= 11 is 5.92. The molecule has 3 N–H and O–H groups in total. The van der Waals surface area contributed by atoms with Crippen molar-refractivity contribution in [3.05, 3.63) is 59.1 Å². The van der Waals surface area contributed by atoms with Gasteiger partial charge < -0.3 is 9.64 Å². The zero-order valence-electron chi connectivity index (χ0n) is 11.8. The molecule has 0 aliphatic carbocycles. The number of amides is 1. The Morgan fingerprint density at radius 2 is 2.00 bits per heavy atom. The molecule has 114 valence electrons. The third-order valence-corrected chi connectivity index (χ3v) is 3.83. The van der Waals surface area contributed by atoms with Crippen LogP contribution in [0.2, 0.25) is 5.02 Å². The van der Waals surface area contributed by atoms with Crippen LogP contribution in [0.4, 0.5) is 5.69 Å². The van der Waals surface area contributed by atoms with Gasteiger partial charge in [-0.3, -0.25) is 10.2 Å². The van der Waals surface area contributed by atoms with Crippen LogP contribution in [0.1, 0.15) is 5.56 Å². The van der Waals surface area contributed by atoms with Gasteiger partial charge in [-0.15, -0.1) is 0 Å². The van der Waals surface area contributed by atoms with Gasteiger partial charge >= 0.3 is 0 Å². The lowest BCUT2D eigenvalue weighted by Gasteiger charge is -2.35. The van der Waals surface area contributed by atoms with Crippen molar-refractivity contribution in [2.45, 2.75) is 12.6 Å². The Morgan fingerprint density at radius 3 is 2.73 bits per heavy atom. The van der Waals surface area contributed by atoms with E-state index in [0.29, 0.717) is 23.9 Å². The highest BCUT2D eigenvalue weighted by molar-refractivity contribution is 6.30. The van der Waals surface area contributed by atoms with Crippen molar-refractivity contribution in [2.24, 2.45) is 5.84 Å². The molecule has 0 saturated heterocycles. The Kier molecular flexibility index (Phi) is 4.18. The molecule has 0 spiro atoms. The normalized spacial score (nSPS) is 16.6. The van der Waals surface area contributed by atoms with Gasteiger partial charge in [0.1, 0.15) is 5.75 Å². The maximum Gasteiger partial charge on any atom is 0.276 e. The maximum absolute atomic E-state index is 11.8. The number of carbonyl (C=O) groups excluding carboxylic acids is 1. The smallest absolute Gasteiger partial charge is 0.276 e. The molecule has 0 saturated carbocycles. The number of carbonyl (C=O) groups is 1. The maximum atomic E-state index is 11.8. The average molecular weight is 318 g/mol. The molecule has 0 radical (unpaired) electrons. The average Bonchev–Trinajstić information content (AvgIpc) is 2.56. The second-order valence-corrected chi connectivity index (χ2v) is 5.53. The topological polar surface area (TPSA) is 67.6 Å². The minimum Gasteiger partial charge on any atom is -0.476 e. The summed E-state index contributed by atoms with van der Waals surface area (Å²) in [5.41, 5.74) is 4.21. The van der Waals surface area contributed by atoms with Crippen LogP contribution in [0.25, 0.3) is 0 Å². The van der Waals surface area contributed by atoms with Gasteiger partial charge in [0.2, 0.25) is 0 Å². The summed E-state index contributed by atoms with van der Waals surface area (Å²) in [5, 5.41) is 0.700. The van der Waals surface area contributed by atoms with Crippen LogP contribution < -0.4 is 20.9 Å². The molecule has 0 aromatic heterocycles. The molecule has 1 unspecified atom stereocenters. The molecular weight excluding hydrogens is 302 g/mol. The fourth-order valence-corrected chi connectivity index (χ4v) is 2.62. The van der Waals surface area contributed by atoms with E-state index in [9.17, 15) is 4.79 Å². The summed E-state index contributed by atoms with van der Waals surface area (Å²) in [4.78, 5) is 13.9. The quantitative estimate of drug-likeness (QED) is 0.517. The van der Waals surface area contributed by atoms with E-state index in [-0.39, 0.29) is 5.91 Å². The fourth-order valence-electron chi connectivity index (χ4n) is 2.50. The van der Waals surface area contributed by atoms with Crippen LogP contribution in [-0.2, 0) is 11.3 Å². The Balaban J connectivity index is 1.88. The lowest BCUT2D eigenvalue weighted by Crippen LogP contribution is -2.50. The summed E-state index contributed by atoms with van der Waals surface area (Å²) in [7, 11) is 0. The lowest BCUT2D eigenvalue weighted by atomic mass is 10.1. The third kappa shape index (κ3) is 3.00. The number of nitrogens with one attached hydrogen (secondary N) is 1. The predicted octanol–water partition coefficient (Wildman–Crippen LogP) is 2.10. The number of nitrogens with two attached hydrogens (primary N) is 1. The number of hydrogen-bond donors (Lipinski definition) is 2. The number of benzene rings is 2. The molecule has 2 aromatic carbocycles. The van der Waals surface area contributed by atoms with Crippen molar-refractivity contribution in [1.82, 2.24) is 5.43 Å². The molecule has 1 heterocycles. The van der Waals surface area contributed by atoms with Gasteiger partial charge in [0.15, 0.2) is 6.10 Å². The predicted molar refractivity (Wildman–Crippen MR) is 85.7 cm³/mol. The molecule has 0 bridgehead atoms. The van der Waals surface area contributed by atoms with E-state index in [1.54, 1.807) is 0 Å². The van der Waals surface area contributed by atoms with E-state index in [2.05, 4.69) is 10.3 Å². The first-order chi connectivity index (χ1) is 10.7. The highest BCUT2D eigenvalue weighted by atomic mass is 35.5. The highest BCUT2D eigenvalue weighted by Crippen LogP contribution is 2.34. The molecular formula is C16H16ClN3O2. The van der Waals surface area contributed by atoms with Gasteiger partial charge in [0.05, 0.1) is 12.2 Å². The van der Waals surface area contributed by atoms with Crippen molar-refractivity contribution in [2.75, 3.05) is 11.4 Å². The van der Waals surface area contributed by atoms with Crippen LogP contribution >= 0.6 is 11.6 Å². The van der Waals surface area contributed by atoms with Gasteiger partial charge in [-0.1, -0.05) is 35.9 Å². The summed E-state index contributed by atoms with van der Waals surface area (Å²) in [6.07, 6.45) is -0.632. The molecule has 2 aromatic rings. The minimum absolute atomic E-state index is 0.337. The first-order valence-corrected chi connectivity index (χ1v) is 7.30. The first kappa shape index (κ1) is 14.7. The fraction of sp³-hybridized carbons (Fsp3) is 0.188. The van der Waals surface area contributed by atoms with Gasteiger partial charge in [-0.2, -0.15) is 0 Å². The standard InChI is InChI=1S/C16H16ClN3O2/c17-12-7-5-11(6-8-12)9-20-10-15(16(21)19-18)22-14-4-2-1-3-13(14)20/h1-8,15H,9-10,18H2,(H,19,21). The molecule has 3 rings (SSSR count). The molecule has 1 aliphatic heterocycles. The van der Waals surface area contributed by atoms with E-state index < -0.39 is 6.10 Å². The van der Waals surface area contributed by atoms with Crippen LogP contribution in [0.5, 0.6) is 5.75 Å². The van der Waals surface area contributed by atoms with Gasteiger partial charge in [-0.25, -0.2) is 5.84 Å². The number of para-hydroxylation sites is 2. The number of anilines is 1. The summed E-state index contributed by atoms with van der Waals surface area (Å²) in [6.45, 7) is 1.09. The lowest BCUT2D eigenvalue weighted by molar-refractivity contribution is -0.127. The number of fused-ring (bicyclic) bond motifs is 1. The second kappa shape index (κ2) is 6.25. The number of halogens is 1. The van der Waals surface area contributed by atoms with Gasteiger partial charge in [-0.05, 0) is 29.8 Å². The molecule has 1 atom stereocenters. The SMILES string of the molecule is NNC(=O)C1CN(Cc2ccc(Cl)cc2)c2ccccc2O1. The third-order valence-electron chi connectivity index (χ3n) is 3.58. The van der Waals surface area contributed by atoms with E-state index in [0.717, 1.165) is 11.3 Å². The van der Waals surface area contributed by atoms with Crippen LogP contribution in [0, 0.1) is 0 Å². The Labute approximate surface area is 133 Å².